The Bertz CT molecular complexity index is 594. The maximum atomic E-state index is 6.50. The molecule has 0 heterocycles. The molecule has 2 rings (SSSR count). The van der Waals surface area contributed by atoms with E-state index in [0.29, 0.717) is 0 Å². The van der Waals surface area contributed by atoms with Crippen molar-refractivity contribution in [3.05, 3.63) is 71.8 Å². The molecule has 1 N–H and O–H groups in total. The Morgan fingerprint density at radius 2 is 1.65 bits per heavy atom. The Morgan fingerprint density at radius 3 is 2.26 bits per heavy atom. The smallest absolute Gasteiger partial charge is 0.0866 e. The third-order valence-corrected chi connectivity index (χ3v) is 3.92. The molecule has 0 aliphatic heterocycles. The molecule has 0 aromatic heterocycles. The number of nitrogens with one attached hydrogen (secondary N) is 1. The number of benzene rings is 2. The number of hydrogen-bond donors (Lipinski definition) is 1. The summed E-state index contributed by atoms with van der Waals surface area (Å²) < 4.78 is 0. The third kappa shape index (κ3) is 6.57. The average Bonchev–Trinajstić information content (AvgIpc) is 2.56. The second-order valence-corrected chi connectivity index (χ2v) is 6.40. The highest BCUT2D eigenvalue weighted by molar-refractivity contribution is 6.21. The van der Waals surface area contributed by atoms with Gasteiger partial charge in [-0.2, -0.15) is 0 Å². The van der Waals surface area contributed by atoms with E-state index in [4.69, 9.17) is 11.6 Å². The summed E-state index contributed by atoms with van der Waals surface area (Å²) in [6.07, 6.45) is 3.01. The second-order valence-electron chi connectivity index (χ2n) is 5.88. The normalized spacial score (nSPS) is 13.3. The number of hydrogen-bond acceptors (Lipinski definition) is 2. The molecule has 0 saturated carbocycles. The van der Waals surface area contributed by atoms with E-state index in [1.165, 1.54) is 16.7 Å². The van der Waals surface area contributed by atoms with Crippen molar-refractivity contribution >= 4 is 23.3 Å². The zero-order chi connectivity index (χ0) is 16.5. The highest BCUT2D eigenvalue weighted by atomic mass is 35.5. The third-order valence-electron chi connectivity index (χ3n) is 3.61. The molecule has 23 heavy (non-hydrogen) atoms. The molecule has 2 nitrogen and oxygen atoms in total. The lowest BCUT2D eigenvalue weighted by atomic mass is 10.00. The van der Waals surface area contributed by atoms with Crippen LogP contribution in [0.1, 0.15) is 17.5 Å². The van der Waals surface area contributed by atoms with Gasteiger partial charge >= 0.3 is 0 Å². The first-order valence-electron chi connectivity index (χ1n) is 7.98. The summed E-state index contributed by atoms with van der Waals surface area (Å²) in [4.78, 5) is 2.15. The number of likely N-dealkylation sites (N-methyl/N-ethyl adjacent to an activating group) is 1. The molecule has 0 spiro atoms. The summed E-state index contributed by atoms with van der Waals surface area (Å²) in [5, 5.41) is 3.38. The van der Waals surface area contributed by atoms with Gasteiger partial charge in [-0.25, -0.2) is 0 Å². The van der Waals surface area contributed by atoms with Gasteiger partial charge in [-0.15, -0.1) is 11.6 Å². The van der Waals surface area contributed by atoms with Crippen LogP contribution in [0.2, 0.25) is 0 Å². The molecule has 2 aromatic carbocycles. The molecule has 1 unspecified atom stereocenters. The lowest BCUT2D eigenvalue weighted by Gasteiger charge is -2.17. The van der Waals surface area contributed by atoms with Gasteiger partial charge in [0.2, 0.25) is 0 Å². The molecule has 0 aliphatic rings. The summed E-state index contributed by atoms with van der Waals surface area (Å²) in [5.74, 6) is 0. The van der Waals surface area contributed by atoms with E-state index in [-0.39, 0.29) is 5.50 Å². The van der Waals surface area contributed by atoms with E-state index in [9.17, 15) is 0 Å². The quantitative estimate of drug-likeness (QED) is 0.441. The Hall–Kier alpha value is -1.61. The van der Waals surface area contributed by atoms with E-state index in [0.717, 1.165) is 19.5 Å². The zero-order valence-corrected chi connectivity index (χ0v) is 14.6. The molecule has 122 valence electrons. The van der Waals surface area contributed by atoms with Crippen LogP contribution < -0.4 is 5.32 Å². The van der Waals surface area contributed by atoms with Gasteiger partial charge in [0.05, 0.1) is 5.50 Å². The van der Waals surface area contributed by atoms with Gasteiger partial charge < -0.3 is 4.90 Å². The highest BCUT2D eigenvalue weighted by Gasteiger charge is 2.09. The van der Waals surface area contributed by atoms with Gasteiger partial charge in [0.25, 0.3) is 0 Å². The molecular weight excluding hydrogens is 304 g/mol. The molecule has 0 radical (unpaired) electrons. The van der Waals surface area contributed by atoms with Crippen LogP contribution in [0.15, 0.2) is 60.7 Å². The topological polar surface area (TPSA) is 15.3 Å². The van der Waals surface area contributed by atoms with Gasteiger partial charge in [0.15, 0.2) is 0 Å². The van der Waals surface area contributed by atoms with E-state index in [2.05, 4.69) is 78.9 Å². The summed E-state index contributed by atoms with van der Waals surface area (Å²) >= 11 is 6.50. The van der Waals surface area contributed by atoms with Crippen molar-refractivity contribution in [3.8, 4) is 0 Å². The molecule has 0 aliphatic carbocycles. The summed E-state index contributed by atoms with van der Waals surface area (Å²) in [5.41, 5.74) is 3.58. The van der Waals surface area contributed by atoms with Gasteiger partial charge in [-0.05, 0) is 30.8 Å². The largest absolute Gasteiger partial charge is 0.308 e. The van der Waals surface area contributed by atoms with Crippen LogP contribution in [0.5, 0.6) is 0 Å². The van der Waals surface area contributed by atoms with Crippen molar-refractivity contribution in [2.75, 3.05) is 27.2 Å². The molecule has 3 heteroatoms. The Morgan fingerprint density at radius 1 is 1.04 bits per heavy atom. The molecule has 0 bridgehead atoms. The maximum absolute atomic E-state index is 6.50. The number of alkyl halides is 1. The number of rotatable bonds is 8. The fourth-order valence-corrected chi connectivity index (χ4v) is 2.65. The monoisotopic (exact) mass is 328 g/mol. The summed E-state index contributed by atoms with van der Waals surface area (Å²) in [6.45, 7) is 1.86. The first-order valence-corrected chi connectivity index (χ1v) is 8.42. The number of nitrogens with zero attached hydrogens (tertiary/aromatic N) is 1. The molecular formula is C20H25ClN2. The minimum absolute atomic E-state index is 0.0786. The zero-order valence-electron chi connectivity index (χ0n) is 13.9. The van der Waals surface area contributed by atoms with Crippen molar-refractivity contribution in [1.29, 1.82) is 0 Å². The van der Waals surface area contributed by atoms with Crippen molar-refractivity contribution < 1.29 is 0 Å². The van der Waals surface area contributed by atoms with Gasteiger partial charge in [0, 0.05) is 19.5 Å². The van der Waals surface area contributed by atoms with E-state index in [1.807, 2.05) is 12.1 Å². The van der Waals surface area contributed by atoms with E-state index in [1.54, 1.807) is 0 Å². The van der Waals surface area contributed by atoms with Crippen LogP contribution in [0.4, 0.5) is 0 Å². The fraction of sp³-hybridized carbons (Fsp3) is 0.300. The first kappa shape index (κ1) is 17.7. The van der Waals surface area contributed by atoms with Crippen molar-refractivity contribution in [2.45, 2.75) is 11.9 Å². The lowest BCUT2D eigenvalue weighted by molar-refractivity contribution is 0.397. The molecule has 0 saturated heterocycles. The van der Waals surface area contributed by atoms with Gasteiger partial charge in [-0.3, -0.25) is 5.32 Å². The molecule has 0 fully saturated rings. The maximum Gasteiger partial charge on any atom is 0.0866 e. The second kappa shape index (κ2) is 9.51. The van der Waals surface area contributed by atoms with Crippen molar-refractivity contribution in [2.24, 2.45) is 0 Å². The van der Waals surface area contributed by atoms with Gasteiger partial charge in [0.1, 0.15) is 0 Å². The molecule has 2 aromatic rings. The Labute approximate surface area is 144 Å². The van der Waals surface area contributed by atoms with Crippen LogP contribution in [0.3, 0.4) is 0 Å². The predicted molar refractivity (Wildman–Crippen MR) is 102 cm³/mol. The van der Waals surface area contributed by atoms with E-state index < -0.39 is 0 Å². The Kier molecular flexibility index (Phi) is 7.34. The van der Waals surface area contributed by atoms with E-state index >= 15 is 0 Å². The van der Waals surface area contributed by atoms with Crippen molar-refractivity contribution in [1.82, 2.24) is 10.2 Å². The Balaban J connectivity index is 2.10. The fourth-order valence-electron chi connectivity index (χ4n) is 2.37. The van der Waals surface area contributed by atoms with Crippen LogP contribution in [-0.4, -0.2) is 37.6 Å². The average molecular weight is 329 g/mol. The minimum Gasteiger partial charge on any atom is -0.308 e. The first-order chi connectivity index (χ1) is 11.1. The van der Waals surface area contributed by atoms with Crippen LogP contribution in [0, 0.1) is 0 Å². The predicted octanol–water partition coefficient (Wildman–Crippen LogP) is 4.33. The standard InChI is InChI=1S/C20H25ClN2/c1-23(2)14-13-22-20(21)16-19(18-11-7-4-8-12-18)15-17-9-5-3-6-10-17/h3-12,15,20,22H,13-14,16H2,1-2H3. The molecule has 0 amide bonds. The van der Waals surface area contributed by atoms with Crippen LogP contribution in [0.25, 0.3) is 11.6 Å². The number of halogens is 1. The van der Waals surface area contributed by atoms with Crippen LogP contribution >= 0.6 is 11.6 Å². The van der Waals surface area contributed by atoms with Crippen molar-refractivity contribution in [3.63, 3.8) is 0 Å². The summed E-state index contributed by atoms with van der Waals surface area (Å²) in [7, 11) is 4.13. The SMILES string of the molecule is CN(C)CCNC(Cl)CC(=Cc1ccccc1)c1ccccc1. The minimum atomic E-state index is -0.0786. The highest BCUT2D eigenvalue weighted by Crippen LogP contribution is 2.24. The van der Waals surface area contributed by atoms with Crippen LogP contribution in [-0.2, 0) is 0 Å². The van der Waals surface area contributed by atoms with Gasteiger partial charge in [-0.1, -0.05) is 66.7 Å². The molecule has 1 atom stereocenters. The lowest BCUT2D eigenvalue weighted by Crippen LogP contribution is -2.31. The summed E-state index contributed by atoms with van der Waals surface area (Å²) in [6, 6.07) is 20.8.